The lowest BCUT2D eigenvalue weighted by Gasteiger charge is -2.50. The quantitative estimate of drug-likeness (QED) is 0.0966. The number of carboxylic acid groups (broad SMARTS) is 1. The Morgan fingerprint density at radius 2 is 0.420 bits per heavy atom. The Bertz CT molecular complexity index is 1950. The minimum atomic E-state index is -2.27. The number of ether oxygens (including phenoxy) is 15. The minimum absolute atomic E-state index is 0.832. The van der Waals surface area contributed by atoms with Crippen molar-refractivity contribution in [2.75, 3.05) is 52.9 Å². The summed E-state index contributed by atoms with van der Waals surface area (Å²) in [6, 6.07) is 0. The number of carboxylic acids is 1. The van der Waals surface area contributed by atoms with Gasteiger partial charge < -0.3 is 178 Å². The largest absolute Gasteiger partial charge is 0.480 e. The summed E-state index contributed by atoms with van der Waals surface area (Å²) < 4.78 is 85.1. The van der Waals surface area contributed by atoms with Crippen molar-refractivity contribution >= 4 is 5.97 Å². The molecule has 21 aliphatic rings. The summed E-state index contributed by atoms with van der Waals surface area (Å²) in [7, 11) is 0. The van der Waals surface area contributed by atoms with Crippen LogP contribution in [0.25, 0.3) is 0 Å². The molecule has 35 atom stereocenters. The van der Waals surface area contributed by atoms with Crippen molar-refractivity contribution in [3.05, 3.63) is 0 Å². The van der Waals surface area contributed by atoms with E-state index in [-0.39, 0.29) is 0 Å². The van der Waals surface area contributed by atoms with Gasteiger partial charge in [0.2, 0.25) is 0 Å². The van der Waals surface area contributed by atoms with Gasteiger partial charge in [-0.15, -0.1) is 0 Å². The fourth-order valence-corrected chi connectivity index (χ4v) is 10.7. The lowest BCUT2D eigenvalue weighted by molar-refractivity contribution is -0.396. The van der Waals surface area contributed by atoms with Gasteiger partial charge in [0.15, 0.2) is 44.0 Å². The van der Waals surface area contributed by atoms with E-state index in [1.807, 2.05) is 0 Å². The summed E-state index contributed by atoms with van der Waals surface area (Å²) in [5, 5.41) is 231. The van der Waals surface area contributed by atoms with Gasteiger partial charge in [0.25, 0.3) is 0 Å². The van der Waals surface area contributed by atoms with E-state index >= 15 is 0 Å². The van der Waals surface area contributed by atoms with E-state index < -0.39 is 274 Å². The first-order valence-corrected chi connectivity index (χ1v) is 25.7. The van der Waals surface area contributed by atoms with Gasteiger partial charge in [0.1, 0.15) is 178 Å². The van der Waals surface area contributed by atoms with E-state index in [2.05, 4.69) is 0 Å². The number of hydrogen-bond donors (Lipinski definition) is 21. The van der Waals surface area contributed by atoms with Crippen LogP contribution >= 0.6 is 0 Å². The zero-order chi connectivity index (χ0) is 59.0. The van der Waals surface area contributed by atoms with Crippen molar-refractivity contribution in [2.45, 2.75) is 215 Å². The first kappa shape index (κ1) is 65.1. The second kappa shape index (κ2) is 27.8. The molecule has 0 amide bonds. The van der Waals surface area contributed by atoms with Crippen LogP contribution in [0.1, 0.15) is 0 Å². The molecule has 21 rings (SSSR count). The third-order valence-electron chi connectivity index (χ3n) is 15.1. The van der Waals surface area contributed by atoms with Crippen molar-refractivity contribution < 1.29 is 183 Å². The number of aliphatic hydroxyl groups is 20. The summed E-state index contributed by atoms with van der Waals surface area (Å²) in [4.78, 5) is 11.4. The average molecular weight is 1190 g/mol. The normalized spacial score (nSPS) is 53.2. The topological polar surface area (TPSA) is 580 Å². The monoisotopic (exact) mass is 1190 g/mol. The van der Waals surface area contributed by atoms with Crippen LogP contribution in [0.5, 0.6) is 0 Å². The highest BCUT2D eigenvalue weighted by Gasteiger charge is 2.59. The van der Waals surface area contributed by atoms with Gasteiger partial charge in [-0.2, -0.15) is 0 Å². The van der Waals surface area contributed by atoms with Crippen LogP contribution in [-0.2, 0) is 75.8 Å². The molecule has 37 nitrogen and oxygen atoms in total. The average Bonchev–Trinajstić information content (AvgIpc) is 3.45. The van der Waals surface area contributed by atoms with E-state index in [0.717, 1.165) is 0 Å². The van der Waals surface area contributed by atoms with Gasteiger partial charge in [-0.05, 0) is 0 Å². The molecule has 21 N–H and O–H groups in total. The molecule has 0 unspecified atom stereocenters. The first-order chi connectivity index (χ1) is 38.5. The third kappa shape index (κ3) is 13.3. The Morgan fingerprint density at radius 3 is 0.580 bits per heavy atom. The summed E-state index contributed by atoms with van der Waals surface area (Å²) in [5.74, 6) is -1.50. The Labute approximate surface area is 456 Å². The Morgan fingerprint density at radius 1 is 0.259 bits per heavy atom. The van der Waals surface area contributed by atoms with Crippen LogP contribution in [0.3, 0.4) is 0 Å². The van der Waals surface area contributed by atoms with Crippen molar-refractivity contribution in [1.82, 2.24) is 0 Å². The van der Waals surface area contributed by atoms with Gasteiger partial charge in [-0.3, -0.25) is 0 Å². The summed E-state index contributed by atoms with van der Waals surface area (Å²) in [6.07, 6.45) is -71.5. The first-order valence-electron chi connectivity index (χ1n) is 25.7. The second-order valence-electron chi connectivity index (χ2n) is 20.4. The molecule has 21 saturated heterocycles. The van der Waals surface area contributed by atoms with Crippen LogP contribution in [0.4, 0.5) is 0 Å². The molecule has 21 aliphatic heterocycles. The van der Waals surface area contributed by atoms with E-state index in [1.165, 1.54) is 0 Å². The smallest absolute Gasteiger partial charge is 0.329 e. The molecular formula is C44H72O37. The zero-order valence-corrected chi connectivity index (χ0v) is 42.3. The Kier molecular flexibility index (Phi) is 22.4. The zero-order valence-electron chi connectivity index (χ0n) is 42.3. The summed E-state index contributed by atoms with van der Waals surface area (Å²) >= 11 is 0. The number of rotatable bonds is 10. The molecule has 14 bridgehead atoms. The van der Waals surface area contributed by atoms with E-state index in [4.69, 9.17) is 71.1 Å². The van der Waals surface area contributed by atoms with Gasteiger partial charge in [-0.25, -0.2) is 4.79 Å². The summed E-state index contributed by atoms with van der Waals surface area (Å²) in [6.45, 7) is -8.26. The van der Waals surface area contributed by atoms with Gasteiger partial charge in [0, 0.05) is 0 Å². The molecule has 21 heterocycles. The maximum Gasteiger partial charge on any atom is 0.329 e. The van der Waals surface area contributed by atoms with Crippen molar-refractivity contribution in [2.24, 2.45) is 0 Å². The summed E-state index contributed by atoms with van der Waals surface area (Å²) in [5.41, 5.74) is 0. The van der Waals surface area contributed by atoms with Crippen LogP contribution in [0, 0.1) is 0 Å². The highest BCUT2D eigenvalue weighted by Crippen LogP contribution is 2.39. The maximum absolute atomic E-state index is 11.5. The fourth-order valence-electron chi connectivity index (χ4n) is 10.7. The maximum atomic E-state index is 11.5. The SMILES string of the molecule is O=C(O)COC[C@@H]1O[C@@H]2O[C@H]3[C@@H](O)[C@@H](O)[C@@H](O[C@H]4[C@@H](O)[C@H](O)[C@@H](O[C@H]5[C@H](O)[C@@H](O)[C@@H](O[C@H]6[C@H](O)[C@@H](O)[C@@H](O[C@H]7[C@H](O)[C@@H](O)[C@@H](O[C@H]8[C@H](O)[C@@H](O)[C@@H](O[C@H]1[C@H](O)[C@H]2O)O[C@H]8CO)O[C@H]7CO)O[C@H]6CO)O[C@@H]5CO)O[C@@H]4CO)O[C@@H]3CO. The standard InChI is InChI=1S/C44H72O37/c45-1-9-31-18(54)25(61)39(69-9)77-33-11(3-47)71-41(27(63)20(33)56)79-35-13(5-49)73-43(29(65)22(35)58)81-37-15(7-67-8-16(51)52)74-44(30(66)23(37)59)80-36-14(6-50)72-42(28(64)21(36)57)78-34-12(4-48)70-40(26(62)19(34)55)76-32-10(2-46)68-38(75-31)24(60)17(32)53/h9-15,17-50,53-66H,1-8H2,(H,51,52)/t9-,10+,11-,12+,13-,14+,15-,17+,18+,19-,20+,21-,22+,23+,24+,25+,26-,27+,28+,29+,30+,31+,32+,33+,34+,35+,36+,37+,38+,39+,40+,41+,42+,43+,44+/m0/s1. The highest BCUT2D eigenvalue weighted by atomic mass is 16.8. The van der Waals surface area contributed by atoms with Gasteiger partial charge in [0.05, 0.1) is 46.2 Å². The highest BCUT2D eigenvalue weighted by molar-refractivity contribution is 5.68. The van der Waals surface area contributed by atoms with Gasteiger partial charge >= 0.3 is 5.97 Å². The number of hydrogen-bond acceptors (Lipinski definition) is 36. The molecule has 0 aromatic rings. The molecule has 0 saturated carbocycles. The second-order valence-corrected chi connectivity index (χ2v) is 20.4. The Hall–Kier alpha value is -1.93. The van der Waals surface area contributed by atoms with Crippen molar-refractivity contribution in [3.63, 3.8) is 0 Å². The molecule has 21 fully saturated rings. The molecule has 81 heavy (non-hydrogen) atoms. The molecule has 0 radical (unpaired) electrons. The predicted molar refractivity (Wildman–Crippen MR) is 240 cm³/mol. The van der Waals surface area contributed by atoms with E-state index in [0.29, 0.717) is 0 Å². The van der Waals surface area contributed by atoms with Crippen LogP contribution in [-0.4, -0.2) is 381 Å². The van der Waals surface area contributed by atoms with Crippen molar-refractivity contribution in [3.8, 4) is 0 Å². The molecular weight excluding hydrogens is 1120 g/mol. The molecule has 470 valence electrons. The van der Waals surface area contributed by atoms with E-state index in [9.17, 15) is 112 Å². The van der Waals surface area contributed by atoms with Crippen molar-refractivity contribution in [1.29, 1.82) is 0 Å². The number of aliphatic hydroxyl groups excluding tert-OH is 20. The van der Waals surface area contributed by atoms with Crippen LogP contribution < -0.4 is 0 Å². The lowest BCUT2D eigenvalue weighted by atomic mass is 9.95. The van der Waals surface area contributed by atoms with Gasteiger partial charge in [-0.1, -0.05) is 0 Å². The molecule has 0 spiro atoms. The van der Waals surface area contributed by atoms with Crippen LogP contribution in [0.15, 0.2) is 0 Å². The third-order valence-corrected chi connectivity index (χ3v) is 15.1. The molecule has 37 heteroatoms. The lowest BCUT2D eigenvalue weighted by Crippen LogP contribution is -2.68. The van der Waals surface area contributed by atoms with Crippen LogP contribution in [0.2, 0.25) is 0 Å². The molecule has 0 aromatic heterocycles. The Balaban J connectivity index is 1.09. The predicted octanol–water partition coefficient (Wildman–Crippen LogP) is -15.1. The molecule has 0 aliphatic carbocycles. The number of carbonyl (C=O) groups is 1. The minimum Gasteiger partial charge on any atom is -0.480 e. The molecule has 0 aromatic carbocycles. The van der Waals surface area contributed by atoms with E-state index in [1.54, 1.807) is 0 Å². The fraction of sp³-hybridized carbons (Fsp3) is 0.977. The number of aliphatic carboxylic acids is 1.